The van der Waals surface area contributed by atoms with Gasteiger partial charge in [-0.05, 0) is 43.5 Å². The van der Waals surface area contributed by atoms with E-state index in [-0.39, 0.29) is 0 Å². The van der Waals surface area contributed by atoms with Crippen LogP contribution < -0.4 is 5.32 Å². The molecule has 0 amide bonds. The first-order valence-electron chi connectivity index (χ1n) is 6.05. The minimum Gasteiger partial charge on any atom is -0.497 e. The van der Waals surface area contributed by atoms with Crippen molar-refractivity contribution in [3.63, 3.8) is 0 Å². The van der Waals surface area contributed by atoms with Crippen LogP contribution in [0.1, 0.15) is 31.4 Å². The third kappa shape index (κ3) is 3.86. The first-order valence-corrected chi connectivity index (χ1v) is 6.84. The third-order valence-electron chi connectivity index (χ3n) is 3.02. The summed E-state index contributed by atoms with van der Waals surface area (Å²) in [5, 5.41) is 3.52. The smallest absolute Gasteiger partial charge is 0.110 e. The minimum absolute atomic E-state index is 0.314. The number of hydrogen-bond acceptors (Lipinski definition) is 2. The van der Waals surface area contributed by atoms with Crippen molar-refractivity contribution in [2.75, 3.05) is 6.54 Å². The van der Waals surface area contributed by atoms with Gasteiger partial charge in [0, 0.05) is 17.1 Å². The molecule has 0 saturated carbocycles. The van der Waals surface area contributed by atoms with Gasteiger partial charge in [-0.15, -0.1) is 0 Å². The van der Waals surface area contributed by atoms with Crippen LogP contribution in [0.4, 0.5) is 0 Å². The molecule has 2 unspecified atom stereocenters. The van der Waals surface area contributed by atoms with Gasteiger partial charge in [0.2, 0.25) is 0 Å². The molecule has 0 bridgehead atoms. The summed E-state index contributed by atoms with van der Waals surface area (Å²) in [7, 11) is 0. The summed E-state index contributed by atoms with van der Waals surface area (Å²) in [5.41, 5.74) is 1.30. The average molecular weight is 296 g/mol. The van der Waals surface area contributed by atoms with Crippen molar-refractivity contribution in [1.82, 2.24) is 5.32 Å². The molecule has 1 heterocycles. The van der Waals surface area contributed by atoms with E-state index in [1.165, 1.54) is 5.56 Å². The monoisotopic (exact) mass is 295 g/mol. The predicted molar refractivity (Wildman–Crippen MR) is 73.8 cm³/mol. The molecule has 3 heteroatoms. The molecule has 0 saturated heterocycles. The Balaban J connectivity index is 1.84. The zero-order chi connectivity index (χ0) is 12.1. The summed E-state index contributed by atoms with van der Waals surface area (Å²) >= 11 is 3.50. The fourth-order valence-electron chi connectivity index (χ4n) is 1.94. The molecule has 1 aromatic rings. The van der Waals surface area contributed by atoms with E-state index >= 15 is 0 Å². The van der Waals surface area contributed by atoms with Gasteiger partial charge < -0.3 is 10.1 Å². The van der Waals surface area contributed by atoms with Gasteiger partial charge in [-0.2, -0.15) is 0 Å². The lowest BCUT2D eigenvalue weighted by molar-refractivity contribution is 0.120. The molecule has 0 aliphatic carbocycles. The highest BCUT2D eigenvalue weighted by molar-refractivity contribution is 9.10. The SMILES string of the molecule is CC(NCC1CCC=CO1)c1cccc(Br)c1. The van der Waals surface area contributed by atoms with E-state index in [0.717, 1.165) is 23.9 Å². The molecule has 17 heavy (non-hydrogen) atoms. The topological polar surface area (TPSA) is 21.3 Å². The van der Waals surface area contributed by atoms with E-state index in [0.29, 0.717) is 12.1 Å². The van der Waals surface area contributed by atoms with Crippen LogP contribution in [0.3, 0.4) is 0 Å². The number of hydrogen-bond donors (Lipinski definition) is 1. The molecule has 1 aliphatic rings. The maximum Gasteiger partial charge on any atom is 0.110 e. The average Bonchev–Trinajstić information content (AvgIpc) is 2.37. The molecule has 1 aromatic carbocycles. The lowest BCUT2D eigenvalue weighted by atomic mass is 10.1. The first kappa shape index (κ1) is 12.7. The highest BCUT2D eigenvalue weighted by atomic mass is 79.9. The summed E-state index contributed by atoms with van der Waals surface area (Å²) in [6.45, 7) is 3.08. The molecule has 92 valence electrons. The molecule has 0 aromatic heterocycles. The quantitative estimate of drug-likeness (QED) is 0.912. The molecular weight excluding hydrogens is 278 g/mol. The zero-order valence-electron chi connectivity index (χ0n) is 10.0. The second-order valence-electron chi connectivity index (χ2n) is 4.39. The van der Waals surface area contributed by atoms with E-state index in [4.69, 9.17) is 4.74 Å². The van der Waals surface area contributed by atoms with Gasteiger partial charge in [-0.1, -0.05) is 28.1 Å². The number of ether oxygens (including phenoxy) is 1. The van der Waals surface area contributed by atoms with E-state index in [2.05, 4.69) is 52.4 Å². The van der Waals surface area contributed by atoms with Gasteiger partial charge in [0.1, 0.15) is 6.10 Å². The predicted octanol–water partition coefficient (Wildman–Crippen LogP) is 3.79. The fraction of sp³-hybridized carbons (Fsp3) is 0.429. The Morgan fingerprint density at radius 1 is 1.53 bits per heavy atom. The van der Waals surface area contributed by atoms with Gasteiger partial charge in [-0.3, -0.25) is 0 Å². The standard InChI is InChI=1S/C14H18BrNO/c1-11(12-5-4-6-13(15)9-12)16-10-14-7-2-3-8-17-14/h3-6,8-9,11,14,16H,2,7,10H2,1H3. The van der Waals surface area contributed by atoms with Crippen LogP contribution in [0.2, 0.25) is 0 Å². The molecule has 1 aliphatic heterocycles. The zero-order valence-corrected chi connectivity index (χ0v) is 11.6. The van der Waals surface area contributed by atoms with E-state index in [1.807, 2.05) is 12.3 Å². The molecule has 2 rings (SSSR count). The summed E-state index contributed by atoms with van der Waals surface area (Å²) in [4.78, 5) is 0. The lowest BCUT2D eigenvalue weighted by Crippen LogP contribution is -2.31. The Hall–Kier alpha value is -0.800. The fourth-order valence-corrected chi connectivity index (χ4v) is 2.35. The summed E-state index contributed by atoms with van der Waals surface area (Å²) in [5.74, 6) is 0. The molecule has 0 radical (unpaired) electrons. The van der Waals surface area contributed by atoms with Crippen LogP contribution in [0.5, 0.6) is 0 Å². The van der Waals surface area contributed by atoms with Gasteiger partial charge in [0.05, 0.1) is 6.26 Å². The molecule has 0 fully saturated rings. The third-order valence-corrected chi connectivity index (χ3v) is 3.52. The normalized spacial score (nSPS) is 20.9. The minimum atomic E-state index is 0.314. The second kappa shape index (κ2) is 6.22. The number of halogens is 1. The highest BCUT2D eigenvalue weighted by Gasteiger charge is 2.12. The Bertz CT molecular complexity index is 392. The van der Waals surface area contributed by atoms with Crippen LogP contribution in [0.25, 0.3) is 0 Å². The van der Waals surface area contributed by atoms with Crippen LogP contribution in [0, 0.1) is 0 Å². The number of allylic oxidation sites excluding steroid dienone is 1. The van der Waals surface area contributed by atoms with Crippen molar-refractivity contribution in [3.05, 3.63) is 46.6 Å². The maximum absolute atomic E-state index is 5.54. The van der Waals surface area contributed by atoms with Crippen LogP contribution in [-0.2, 0) is 4.74 Å². The largest absolute Gasteiger partial charge is 0.497 e. The number of benzene rings is 1. The van der Waals surface area contributed by atoms with Crippen LogP contribution in [-0.4, -0.2) is 12.6 Å². The van der Waals surface area contributed by atoms with Crippen molar-refractivity contribution in [1.29, 1.82) is 0 Å². The maximum atomic E-state index is 5.54. The van der Waals surface area contributed by atoms with Crippen molar-refractivity contribution in [2.24, 2.45) is 0 Å². The molecule has 0 spiro atoms. The number of nitrogens with one attached hydrogen (secondary N) is 1. The Morgan fingerprint density at radius 2 is 2.41 bits per heavy atom. The Labute approximate surface area is 111 Å². The molecule has 2 nitrogen and oxygen atoms in total. The summed E-state index contributed by atoms with van der Waals surface area (Å²) in [6.07, 6.45) is 6.44. The second-order valence-corrected chi connectivity index (χ2v) is 5.31. The van der Waals surface area contributed by atoms with E-state index in [1.54, 1.807) is 0 Å². The Morgan fingerprint density at radius 3 is 3.12 bits per heavy atom. The number of rotatable bonds is 4. The molecule has 2 atom stereocenters. The van der Waals surface area contributed by atoms with Gasteiger partial charge >= 0.3 is 0 Å². The van der Waals surface area contributed by atoms with Crippen LogP contribution >= 0.6 is 15.9 Å². The van der Waals surface area contributed by atoms with Gasteiger partial charge in [0.25, 0.3) is 0 Å². The van der Waals surface area contributed by atoms with Crippen molar-refractivity contribution < 1.29 is 4.74 Å². The van der Waals surface area contributed by atoms with E-state index < -0.39 is 0 Å². The molecule has 1 N–H and O–H groups in total. The Kier molecular flexibility index (Phi) is 4.63. The molecular formula is C14H18BrNO. The summed E-state index contributed by atoms with van der Waals surface area (Å²) < 4.78 is 6.66. The summed E-state index contributed by atoms with van der Waals surface area (Å²) in [6, 6.07) is 8.76. The highest BCUT2D eigenvalue weighted by Crippen LogP contribution is 2.18. The van der Waals surface area contributed by atoms with Crippen LogP contribution in [0.15, 0.2) is 41.1 Å². The lowest BCUT2D eigenvalue weighted by Gasteiger charge is -2.22. The van der Waals surface area contributed by atoms with Gasteiger partial charge in [-0.25, -0.2) is 0 Å². The van der Waals surface area contributed by atoms with E-state index in [9.17, 15) is 0 Å². The van der Waals surface area contributed by atoms with Crippen molar-refractivity contribution in [2.45, 2.75) is 31.9 Å². The first-order chi connectivity index (χ1) is 8.25. The van der Waals surface area contributed by atoms with Crippen molar-refractivity contribution in [3.8, 4) is 0 Å². The van der Waals surface area contributed by atoms with Gasteiger partial charge in [0.15, 0.2) is 0 Å². The van der Waals surface area contributed by atoms with Crippen molar-refractivity contribution >= 4 is 15.9 Å².